The van der Waals surface area contributed by atoms with Gasteiger partial charge in [-0.3, -0.25) is 24.0 Å². The number of imidazole rings is 1. The number of esters is 1. The molecule has 0 spiro atoms. The molecule has 0 radical (unpaired) electrons. The van der Waals surface area contributed by atoms with Gasteiger partial charge in [-0.2, -0.15) is 9.97 Å². The number of methoxy groups -OCH3 is 1. The number of nitrogens with zero attached hydrogens (tertiary/aromatic N) is 5. The number of hydrogen-bond acceptors (Lipinski definition) is 15. The normalized spacial score (nSPS) is 27.9. The summed E-state index contributed by atoms with van der Waals surface area (Å²) in [6.07, 6.45) is -3.16. The second-order valence-corrected chi connectivity index (χ2v) is 14.8. The highest BCUT2D eigenvalue weighted by Crippen LogP contribution is 2.57. The van der Waals surface area contributed by atoms with Crippen LogP contribution in [-0.2, 0) is 28.2 Å². The first kappa shape index (κ1) is 32.8. The van der Waals surface area contributed by atoms with Gasteiger partial charge in [0.1, 0.15) is 29.9 Å². The zero-order valence-electron chi connectivity index (χ0n) is 24.3. The molecule has 2 saturated heterocycles. The Morgan fingerprint density at radius 2 is 2.05 bits per heavy atom. The number of aromatic nitrogens is 4. The molecule has 3 amide bonds. The van der Waals surface area contributed by atoms with Gasteiger partial charge in [0, 0.05) is 12.8 Å². The van der Waals surface area contributed by atoms with Crippen LogP contribution < -0.4 is 20.9 Å². The lowest BCUT2D eigenvalue weighted by Gasteiger charge is -2.27. The Hall–Kier alpha value is -3.06. The van der Waals surface area contributed by atoms with Gasteiger partial charge in [0.25, 0.3) is 5.91 Å². The standard InChI is InChI=1S/C23H35N8O10PS/c1-10(2)40-19(34)11(3)29-42(37,43-8-12-17(33)27-22(35)30(12)5)39-7-13-15(32)23(4,36)20(41-13)31-9-25-14-16(31)26-21(24)28-18(14)38-6/h9-13,15,20,32,36H,7-8H2,1-6H3,(H,29,37)(H2,24,26,28)(H,27,33,35)/t11?,12?,13?,15-,20-,23-,42?/m1/s1. The molecule has 4 heterocycles. The molecule has 0 aromatic carbocycles. The van der Waals surface area contributed by atoms with Crippen molar-refractivity contribution in [1.29, 1.82) is 0 Å². The van der Waals surface area contributed by atoms with Crippen molar-refractivity contribution in [2.24, 2.45) is 0 Å². The Balaban J connectivity index is 1.54. The molecule has 2 aliphatic heterocycles. The molecule has 2 aromatic rings. The van der Waals surface area contributed by atoms with E-state index in [0.29, 0.717) is 11.4 Å². The van der Waals surface area contributed by atoms with Crippen molar-refractivity contribution in [2.75, 3.05) is 32.3 Å². The van der Waals surface area contributed by atoms with Gasteiger partial charge in [0.05, 0.1) is 26.1 Å². The van der Waals surface area contributed by atoms with Crippen molar-refractivity contribution in [2.45, 2.75) is 69.9 Å². The van der Waals surface area contributed by atoms with Crippen molar-refractivity contribution in [3.63, 3.8) is 0 Å². The summed E-state index contributed by atoms with van der Waals surface area (Å²) in [4.78, 5) is 50.1. The molecule has 6 N–H and O–H groups in total. The number of fused-ring (bicyclic) bond motifs is 1. The number of nitrogens with one attached hydrogen (secondary N) is 2. The minimum Gasteiger partial charge on any atom is -0.479 e. The van der Waals surface area contributed by atoms with Crippen molar-refractivity contribution in [3.8, 4) is 5.88 Å². The minimum absolute atomic E-state index is 0.0942. The summed E-state index contributed by atoms with van der Waals surface area (Å²) in [5.41, 5.74) is 4.27. The summed E-state index contributed by atoms with van der Waals surface area (Å²) in [7, 11) is 2.79. The number of amides is 3. The van der Waals surface area contributed by atoms with Crippen molar-refractivity contribution in [3.05, 3.63) is 6.33 Å². The molecule has 20 heteroatoms. The molecule has 4 unspecified atom stereocenters. The number of aliphatic hydroxyl groups is 2. The monoisotopic (exact) mass is 646 g/mol. The van der Waals surface area contributed by atoms with Crippen LogP contribution in [0.15, 0.2) is 6.33 Å². The third-order valence-corrected chi connectivity index (χ3v) is 10.9. The number of anilines is 1. The average Bonchev–Trinajstić information content (AvgIpc) is 3.52. The third kappa shape index (κ3) is 6.72. The predicted molar refractivity (Wildman–Crippen MR) is 152 cm³/mol. The SMILES string of the molecule is COc1nc(N)nc2c1ncn2[C@@H]1OC(COP(=O)(NC(C)C(=O)OC(C)C)SCC2C(=O)NC(=O)N2C)[C@@H](O)[C@@]1(C)O. The average molecular weight is 647 g/mol. The number of urea groups is 1. The summed E-state index contributed by atoms with van der Waals surface area (Å²) in [5, 5.41) is 27.1. The number of hydrogen-bond donors (Lipinski definition) is 5. The molecule has 4 rings (SSSR count). The summed E-state index contributed by atoms with van der Waals surface area (Å²) in [6, 6.07) is -2.66. The van der Waals surface area contributed by atoms with Crippen LogP contribution in [0, 0.1) is 0 Å². The number of aliphatic hydroxyl groups excluding tert-OH is 1. The first-order valence-corrected chi connectivity index (χ1v) is 16.3. The first-order valence-electron chi connectivity index (χ1n) is 13.1. The smallest absolute Gasteiger partial charge is 0.327 e. The van der Waals surface area contributed by atoms with E-state index in [2.05, 4.69) is 25.4 Å². The molecule has 2 fully saturated rings. The fourth-order valence-electron chi connectivity index (χ4n) is 4.46. The van der Waals surface area contributed by atoms with Crippen molar-refractivity contribution < 1.29 is 47.9 Å². The fourth-order valence-corrected chi connectivity index (χ4v) is 8.43. The van der Waals surface area contributed by atoms with Crippen LogP contribution in [0.1, 0.15) is 33.9 Å². The van der Waals surface area contributed by atoms with Crippen LogP contribution in [0.2, 0.25) is 0 Å². The largest absolute Gasteiger partial charge is 0.479 e. The van der Waals surface area contributed by atoms with Gasteiger partial charge in [-0.15, -0.1) is 0 Å². The number of likely N-dealkylation sites (N-methyl/N-ethyl adjacent to an activating group) is 1. The minimum atomic E-state index is -4.05. The molecule has 238 valence electrons. The van der Waals surface area contributed by atoms with E-state index in [1.54, 1.807) is 13.8 Å². The Bertz CT molecular complexity index is 1440. The summed E-state index contributed by atoms with van der Waals surface area (Å²) >= 11 is 0.686. The van der Waals surface area contributed by atoms with Crippen LogP contribution in [-0.4, -0.2) is 115 Å². The molecule has 2 aliphatic rings. The van der Waals surface area contributed by atoms with Gasteiger partial charge in [-0.05, 0) is 27.7 Å². The predicted octanol–water partition coefficient (Wildman–Crippen LogP) is -0.236. The van der Waals surface area contributed by atoms with E-state index in [1.807, 2.05) is 0 Å². The maximum atomic E-state index is 14.0. The lowest BCUT2D eigenvalue weighted by Crippen LogP contribution is -2.44. The van der Waals surface area contributed by atoms with E-state index < -0.39 is 73.5 Å². The molecule has 43 heavy (non-hydrogen) atoms. The molecule has 0 aliphatic carbocycles. The Morgan fingerprint density at radius 3 is 2.65 bits per heavy atom. The van der Waals surface area contributed by atoms with E-state index in [9.17, 15) is 29.2 Å². The number of ether oxygens (including phenoxy) is 3. The van der Waals surface area contributed by atoms with Gasteiger partial charge < -0.3 is 39.6 Å². The number of carbonyl (C=O) groups is 3. The number of carbonyl (C=O) groups excluding carboxylic acids is 3. The molecule has 0 saturated carbocycles. The number of nitrogen functional groups attached to an aromatic ring is 1. The molecular formula is C23H35N8O10PS. The van der Waals surface area contributed by atoms with Crippen LogP contribution >= 0.6 is 18.1 Å². The van der Waals surface area contributed by atoms with E-state index in [-0.39, 0.29) is 28.7 Å². The number of imide groups is 1. The lowest BCUT2D eigenvalue weighted by molar-refractivity contribution is -0.149. The molecule has 18 nitrogen and oxygen atoms in total. The van der Waals surface area contributed by atoms with E-state index in [4.69, 9.17) is 24.5 Å². The summed E-state index contributed by atoms with van der Waals surface area (Å²) in [5.74, 6) is -1.46. The highest BCUT2D eigenvalue weighted by molar-refractivity contribution is 8.56. The van der Waals surface area contributed by atoms with Gasteiger partial charge in [-0.25, -0.2) is 14.9 Å². The molecule has 2 aromatic heterocycles. The van der Waals surface area contributed by atoms with Gasteiger partial charge in [0.2, 0.25) is 11.8 Å². The maximum Gasteiger partial charge on any atom is 0.327 e. The zero-order chi connectivity index (χ0) is 31.9. The summed E-state index contributed by atoms with van der Waals surface area (Å²) in [6.45, 7) is 1.49. The third-order valence-electron chi connectivity index (χ3n) is 6.80. The molecular weight excluding hydrogens is 611 g/mol. The first-order chi connectivity index (χ1) is 20.1. The van der Waals surface area contributed by atoms with E-state index >= 15 is 0 Å². The quantitative estimate of drug-likeness (QED) is 0.114. The fraction of sp³-hybridized carbons (Fsp3) is 0.652. The van der Waals surface area contributed by atoms with Crippen LogP contribution in [0.25, 0.3) is 11.2 Å². The van der Waals surface area contributed by atoms with Crippen LogP contribution in [0.5, 0.6) is 5.88 Å². The van der Waals surface area contributed by atoms with Crippen molar-refractivity contribution in [1.82, 2.24) is 34.8 Å². The highest BCUT2D eigenvalue weighted by atomic mass is 32.7. The Morgan fingerprint density at radius 1 is 1.35 bits per heavy atom. The van der Waals surface area contributed by atoms with Gasteiger partial charge >= 0.3 is 18.7 Å². The number of nitrogens with two attached hydrogens (primary N) is 1. The van der Waals surface area contributed by atoms with E-state index in [0.717, 1.165) is 4.90 Å². The van der Waals surface area contributed by atoms with Crippen molar-refractivity contribution >= 4 is 53.1 Å². The lowest BCUT2D eigenvalue weighted by atomic mass is 9.96. The van der Waals surface area contributed by atoms with Crippen LogP contribution in [0.3, 0.4) is 0 Å². The topological polar surface area (TPSA) is 243 Å². The molecule has 7 atom stereocenters. The second kappa shape index (κ2) is 12.5. The maximum absolute atomic E-state index is 14.0. The summed E-state index contributed by atoms with van der Waals surface area (Å²) < 4.78 is 37.5. The van der Waals surface area contributed by atoms with Gasteiger partial charge in [-0.1, -0.05) is 11.4 Å². The Labute approximate surface area is 250 Å². The molecule has 0 bridgehead atoms. The second-order valence-electron chi connectivity index (χ2n) is 10.5. The van der Waals surface area contributed by atoms with E-state index in [1.165, 1.54) is 38.9 Å². The highest BCUT2D eigenvalue weighted by Gasteiger charge is 2.54. The van der Waals surface area contributed by atoms with Crippen LogP contribution in [0.4, 0.5) is 10.7 Å². The zero-order valence-corrected chi connectivity index (χ0v) is 26.0. The van der Waals surface area contributed by atoms with Gasteiger partial charge in [0.15, 0.2) is 17.4 Å². The number of rotatable bonds is 12. The Kier molecular flexibility index (Phi) is 9.55.